The van der Waals surface area contributed by atoms with Crippen LogP contribution in [-0.2, 0) is 22.7 Å². The molecule has 2 fully saturated rings. The van der Waals surface area contributed by atoms with Crippen molar-refractivity contribution in [3.8, 4) is 0 Å². The molecule has 1 heterocycles. The maximum Gasteiger partial charge on any atom is 0.327 e. The Kier molecular flexibility index (Phi) is 5.28. The van der Waals surface area contributed by atoms with E-state index in [0.717, 1.165) is 44.5 Å². The molecule has 2 bridgehead atoms. The van der Waals surface area contributed by atoms with Crippen molar-refractivity contribution in [1.82, 2.24) is 4.90 Å². The number of nitrogens with two attached hydrogens (primary N) is 1. The zero-order valence-electron chi connectivity index (χ0n) is 15.7. The number of ether oxygens (including phenoxy) is 1. The summed E-state index contributed by atoms with van der Waals surface area (Å²) in [5.41, 5.74) is 8.24. The van der Waals surface area contributed by atoms with Gasteiger partial charge in [0, 0.05) is 31.5 Å². The summed E-state index contributed by atoms with van der Waals surface area (Å²) >= 11 is 0. The molecular weight excluding hydrogens is 336 g/mol. The van der Waals surface area contributed by atoms with Crippen molar-refractivity contribution < 1.29 is 9.53 Å². The van der Waals surface area contributed by atoms with Crippen molar-refractivity contribution in [2.24, 2.45) is 17.6 Å². The molecule has 1 aliphatic carbocycles. The van der Waals surface area contributed by atoms with E-state index in [1.807, 2.05) is 36.4 Å². The highest BCUT2D eigenvalue weighted by atomic mass is 16.5. The second-order valence-electron chi connectivity index (χ2n) is 8.00. The van der Waals surface area contributed by atoms with Gasteiger partial charge in [-0.15, -0.1) is 0 Å². The van der Waals surface area contributed by atoms with Gasteiger partial charge < -0.3 is 10.5 Å². The molecule has 0 aromatic heterocycles. The molecule has 2 aromatic carbocycles. The van der Waals surface area contributed by atoms with Gasteiger partial charge in [0.15, 0.2) is 0 Å². The molecule has 27 heavy (non-hydrogen) atoms. The monoisotopic (exact) mass is 364 g/mol. The SMILES string of the molecule is NC1(C(=O)OCc2ccccc2)C2CCCC1CN(Cc1ccccc1)C2. The van der Waals surface area contributed by atoms with Crippen LogP contribution >= 0.6 is 0 Å². The number of piperidine rings is 1. The van der Waals surface area contributed by atoms with Gasteiger partial charge in [-0.3, -0.25) is 9.69 Å². The topological polar surface area (TPSA) is 55.6 Å². The van der Waals surface area contributed by atoms with Crippen molar-refractivity contribution in [2.45, 2.75) is 38.0 Å². The maximum absolute atomic E-state index is 13.0. The van der Waals surface area contributed by atoms with Crippen LogP contribution in [0.4, 0.5) is 0 Å². The second kappa shape index (κ2) is 7.83. The number of carbonyl (C=O) groups is 1. The quantitative estimate of drug-likeness (QED) is 0.827. The van der Waals surface area contributed by atoms with Crippen LogP contribution < -0.4 is 5.73 Å². The zero-order valence-corrected chi connectivity index (χ0v) is 15.7. The molecule has 4 rings (SSSR count). The third-order valence-corrected chi connectivity index (χ3v) is 6.23. The largest absolute Gasteiger partial charge is 0.459 e. The average Bonchev–Trinajstić information content (AvgIpc) is 2.68. The van der Waals surface area contributed by atoms with Gasteiger partial charge in [-0.2, -0.15) is 0 Å². The third-order valence-electron chi connectivity index (χ3n) is 6.23. The Hall–Kier alpha value is -2.17. The van der Waals surface area contributed by atoms with Crippen LogP contribution in [0.15, 0.2) is 60.7 Å². The molecule has 1 saturated carbocycles. The molecule has 4 nitrogen and oxygen atoms in total. The fraction of sp³-hybridized carbons (Fsp3) is 0.435. The highest BCUT2D eigenvalue weighted by molar-refractivity contribution is 5.82. The van der Waals surface area contributed by atoms with E-state index in [-0.39, 0.29) is 17.8 Å². The molecule has 2 aromatic rings. The maximum atomic E-state index is 13.0. The number of carbonyl (C=O) groups excluding carboxylic acids is 1. The molecule has 2 aliphatic rings. The van der Waals surface area contributed by atoms with E-state index in [0.29, 0.717) is 6.61 Å². The predicted octanol–water partition coefficient (Wildman–Crippen LogP) is 3.36. The molecular formula is C23H28N2O2. The Morgan fingerprint density at radius 3 is 2.11 bits per heavy atom. The summed E-state index contributed by atoms with van der Waals surface area (Å²) in [6.07, 6.45) is 3.15. The van der Waals surface area contributed by atoms with Gasteiger partial charge in [0.2, 0.25) is 0 Å². The van der Waals surface area contributed by atoms with Crippen LogP contribution in [0.3, 0.4) is 0 Å². The zero-order chi connectivity index (χ0) is 18.7. The molecule has 1 aliphatic heterocycles. The summed E-state index contributed by atoms with van der Waals surface area (Å²) in [5.74, 6) is 0.106. The van der Waals surface area contributed by atoms with Gasteiger partial charge in [-0.05, 0) is 24.0 Å². The van der Waals surface area contributed by atoms with E-state index in [1.165, 1.54) is 5.56 Å². The van der Waals surface area contributed by atoms with Crippen LogP contribution in [0.25, 0.3) is 0 Å². The van der Waals surface area contributed by atoms with E-state index < -0.39 is 5.54 Å². The van der Waals surface area contributed by atoms with Crippen LogP contribution in [-0.4, -0.2) is 29.5 Å². The van der Waals surface area contributed by atoms with Gasteiger partial charge >= 0.3 is 5.97 Å². The number of likely N-dealkylation sites (tertiary alicyclic amines) is 1. The van der Waals surface area contributed by atoms with E-state index in [9.17, 15) is 4.79 Å². The molecule has 0 radical (unpaired) electrons. The smallest absolute Gasteiger partial charge is 0.327 e. The first kappa shape index (κ1) is 18.2. The Labute approximate surface area is 161 Å². The summed E-state index contributed by atoms with van der Waals surface area (Å²) in [5, 5.41) is 0. The first-order valence-corrected chi connectivity index (χ1v) is 9.92. The van der Waals surface area contributed by atoms with Crippen LogP contribution in [0.1, 0.15) is 30.4 Å². The van der Waals surface area contributed by atoms with Gasteiger partial charge in [0.25, 0.3) is 0 Å². The Balaban J connectivity index is 1.44. The minimum atomic E-state index is -0.847. The number of rotatable bonds is 5. The lowest BCUT2D eigenvalue weighted by Crippen LogP contribution is -2.69. The van der Waals surface area contributed by atoms with E-state index in [1.54, 1.807) is 0 Å². The molecule has 2 atom stereocenters. The second-order valence-corrected chi connectivity index (χ2v) is 8.00. The minimum absolute atomic E-state index is 0.164. The Bertz CT molecular complexity index is 748. The van der Waals surface area contributed by atoms with Gasteiger partial charge in [-0.1, -0.05) is 67.1 Å². The predicted molar refractivity (Wildman–Crippen MR) is 106 cm³/mol. The normalized spacial score (nSPS) is 27.9. The molecule has 0 spiro atoms. The molecule has 1 saturated heterocycles. The van der Waals surface area contributed by atoms with Crippen molar-refractivity contribution in [1.29, 1.82) is 0 Å². The highest BCUT2D eigenvalue weighted by Gasteiger charge is 2.54. The van der Waals surface area contributed by atoms with Crippen LogP contribution in [0.2, 0.25) is 0 Å². The molecule has 142 valence electrons. The Morgan fingerprint density at radius 2 is 1.52 bits per heavy atom. The number of hydrogen-bond acceptors (Lipinski definition) is 4. The fourth-order valence-electron chi connectivity index (χ4n) is 4.76. The Morgan fingerprint density at radius 1 is 0.963 bits per heavy atom. The van der Waals surface area contributed by atoms with Crippen LogP contribution in [0, 0.1) is 11.8 Å². The molecule has 0 amide bonds. The van der Waals surface area contributed by atoms with E-state index >= 15 is 0 Å². The number of fused-ring (bicyclic) bond motifs is 2. The van der Waals surface area contributed by atoms with Gasteiger partial charge in [-0.25, -0.2) is 0 Å². The summed E-state index contributed by atoms with van der Waals surface area (Å²) in [6.45, 7) is 2.94. The first-order chi connectivity index (χ1) is 13.2. The van der Waals surface area contributed by atoms with Crippen molar-refractivity contribution in [2.75, 3.05) is 13.1 Å². The number of hydrogen-bond donors (Lipinski definition) is 1. The molecule has 4 heteroatoms. The van der Waals surface area contributed by atoms with E-state index in [2.05, 4.69) is 29.2 Å². The standard InChI is InChI=1S/C23H28N2O2/c24-23(22(26)27-17-19-10-5-2-6-11-19)20-12-7-13-21(23)16-25(15-20)14-18-8-3-1-4-9-18/h1-6,8-11,20-21H,7,12-17,24H2. The fourth-order valence-corrected chi connectivity index (χ4v) is 4.76. The van der Waals surface area contributed by atoms with Gasteiger partial charge in [0.05, 0.1) is 0 Å². The number of nitrogens with zero attached hydrogens (tertiary/aromatic N) is 1. The van der Waals surface area contributed by atoms with Crippen molar-refractivity contribution in [3.05, 3.63) is 71.8 Å². The molecule has 2 N–H and O–H groups in total. The summed E-state index contributed by atoms with van der Waals surface area (Å²) in [7, 11) is 0. The van der Waals surface area contributed by atoms with Gasteiger partial charge in [0.1, 0.15) is 12.1 Å². The van der Waals surface area contributed by atoms with Crippen LogP contribution in [0.5, 0.6) is 0 Å². The lowest BCUT2D eigenvalue weighted by atomic mass is 9.63. The number of benzene rings is 2. The summed E-state index contributed by atoms with van der Waals surface area (Å²) < 4.78 is 5.68. The summed E-state index contributed by atoms with van der Waals surface area (Å²) in [6, 6.07) is 20.3. The number of esters is 1. The highest BCUT2D eigenvalue weighted by Crippen LogP contribution is 2.42. The molecule has 2 unspecified atom stereocenters. The van der Waals surface area contributed by atoms with Crippen molar-refractivity contribution >= 4 is 5.97 Å². The lowest BCUT2D eigenvalue weighted by molar-refractivity contribution is -0.163. The van der Waals surface area contributed by atoms with E-state index in [4.69, 9.17) is 10.5 Å². The lowest BCUT2D eigenvalue weighted by Gasteiger charge is -2.52. The van der Waals surface area contributed by atoms with Crippen molar-refractivity contribution in [3.63, 3.8) is 0 Å². The summed E-state index contributed by atoms with van der Waals surface area (Å²) in [4.78, 5) is 15.5. The minimum Gasteiger partial charge on any atom is -0.459 e. The average molecular weight is 364 g/mol. The third kappa shape index (κ3) is 3.78. The first-order valence-electron chi connectivity index (χ1n) is 9.92.